The summed E-state index contributed by atoms with van der Waals surface area (Å²) in [6.45, 7) is 9.37. The number of rotatable bonds is 11. The highest BCUT2D eigenvalue weighted by atomic mass is 127. The van der Waals surface area contributed by atoms with Crippen LogP contribution in [0.25, 0.3) is 0 Å². The molecule has 0 aliphatic heterocycles. The number of aliphatic imine (C=N–C) groups is 1. The van der Waals surface area contributed by atoms with Crippen LogP contribution in [-0.4, -0.2) is 49.5 Å². The number of aromatic nitrogens is 2. The van der Waals surface area contributed by atoms with Gasteiger partial charge >= 0.3 is 0 Å². The highest BCUT2D eigenvalue weighted by Crippen LogP contribution is 2.40. The third-order valence-electron chi connectivity index (χ3n) is 5.11. The second-order valence-corrected chi connectivity index (χ2v) is 7.14. The van der Waals surface area contributed by atoms with Crippen molar-refractivity contribution in [1.29, 1.82) is 0 Å². The lowest BCUT2D eigenvalue weighted by atomic mass is 9.83. The summed E-state index contributed by atoms with van der Waals surface area (Å²) in [7, 11) is 1.77. The summed E-state index contributed by atoms with van der Waals surface area (Å²) in [4.78, 5) is 8.97. The van der Waals surface area contributed by atoms with Crippen LogP contribution >= 0.6 is 24.0 Å². The highest BCUT2D eigenvalue weighted by molar-refractivity contribution is 14.0. The molecule has 1 aromatic heterocycles. The third kappa shape index (κ3) is 7.82. The molecule has 0 amide bonds. The van der Waals surface area contributed by atoms with Crippen molar-refractivity contribution >= 4 is 29.9 Å². The van der Waals surface area contributed by atoms with Crippen LogP contribution in [0.4, 0.5) is 0 Å². The van der Waals surface area contributed by atoms with Crippen molar-refractivity contribution in [2.75, 3.05) is 33.4 Å². The first-order valence-electron chi connectivity index (χ1n) is 10.1. The summed E-state index contributed by atoms with van der Waals surface area (Å²) in [5.74, 6) is 1.83. The van der Waals surface area contributed by atoms with E-state index in [2.05, 4.69) is 32.7 Å². The van der Waals surface area contributed by atoms with Gasteiger partial charge in [0.1, 0.15) is 12.6 Å². The van der Waals surface area contributed by atoms with E-state index < -0.39 is 0 Å². The van der Waals surface area contributed by atoms with Gasteiger partial charge in [0.15, 0.2) is 11.8 Å². The van der Waals surface area contributed by atoms with Gasteiger partial charge in [-0.05, 0) is 45.4 Å². The van der Waals surface area contributed by atoms with Crippen LogP contribution in [-0.2, 0) is 16.0 Å². The molecule has 0 saturated heterocycles. The zero-order chi connectivity index (χ0) is 19.5. The quantitative estimate of drug-likeness (QED) is 0.268. The van der Waals surface area contributed by atoms with Crippen molar-refractivity contribution in [3.63, 3.8) is 0 Å². The Hall–Kier alpha value is -0.940. The fourth-order valence-electron chi connectivity index (χ4n) is 3.54. The Morgan fingerprint density at radius 2 is 2.04 bits per heavy atom. The molecule has 1 atom stereocenters. The number of methoxy groups -OCH3 is 1. The molecule has 0 radical (unpaired) electrons. The normalized spacial score (nSPS) is 17.2. The fraction of sp³-hybridized carbons (Fsp3) is 0.842. The monoisotopic (exact) mass is 509 g/mol. The van der Waals surface area contributed by atoms with Crippen molar-refractivity contribution in [1.82, 2.24) is 20.8 Å². The first-order valence-corrected chi connectivity index (χ1v) is 10.1. The van der Waals surface area contributed by atoms with Crippen molar-refractivity contribution in [3.05, 3.63) is 11.7 Å². The molecule has 0 aromatic carbocycles. The van der Waals surface area contributed by atoms with Gasteiger partial charge in [-0.25, -0.2) is 4.99 Å². The first-order chi connectivity index (χ1) is 13.1. The molecule has 1 saturated carbocycles. The Balaban J connectivity index is 0.00000392. The predicted molar refractivity (Wildman–Crippen MR) is 120 cm³/mol. The van der Waals surface area contributed by atoms with E-state index in [0.717, 1.165) is 32.1 Å². The zero-order valence-electron chi connectivity index (χ0n) is 17.6. The van der Waals surface area contributed by atoms with E-state index >= 15 is 0 Å². The van der Waals surface area contributed by atoms with Gasteiger partial charge in [0.2, 0.25) is 5.89 Å². The van der Waals surface area contributed by atoms with Crippen molar-refractivity contribution in [2.24, 2.45) is 10.4 Å². The molecular weight excluding hydrogens is 473 g/mol. The standard InChI is InChI=1S/C19H35N5O3.HI/c1-5-20-18(22-14-19(11-12-25-4)9-7-8-10-19)21-13-16-23-17(24-27-16)15(3)26-6-2;/h15H,5-14H2,1-4H3,(H2,20,21,22);1H. The van der Waals surface area contributed by atoms with Gasteiger partial charge in [-0.1, -0.05) is 18.0 Å². The van der Waals surface area contributed by atoms with E-state index in [4.69, 9.17) is 14.0 Å². The minimum atomic E-state index is -0.175. The summed E-state index contributed by atoms with van der Waals surface area (Å²) < 4.78 is 16.1. The van der Waals surface area contributed by atoms with Crippen LogP contribution in [0.5, 0.6) is 0 Å². The number of nitrogens with one attached hydrogen (secondary N) is 2. The molecule has 2 N–H and O–H groups in total. The smallest absolute Gasteiger partial charge is 0.248 e. The van der Waals surface area contributed by atoms with Crippen molar-refractivity contribution < 1.29 is 14.0 Å². The van der Waals surface area contributed by atoms with Gasteiger partial charge in [0.25, 0.3) is 0 Å². The highest BCUT2D eigenvalue weighted by Gasteiger charge is 2.33. The van der Waals surface area contributed by atoms with Crippen LogP contribution in [0.3, 0.4) is 0 Å². The van der Waals surface area contributed by atoms with Gasteiger partial charge in [0.05, 0.1) is 0 Å². The maximum atomic E-state index is 5.49. The molecule has 2 rings (SSSR count). The average molecular weight is 509 g/mol. The number of nitrogens with zero attached hydrogens (tertiary/aromatic N) is 3. The number of hydrogen-bond acceptors (Lipinski definition) is 6. The molecule has 1 fully saturated rings. The van der Waals surface area contributed by atoms with Crippen LogP contribution in [0.15, 0.2) is 9.52 Å². The molecule has 1 aliphatic rings. The molecule has 162 valence electrons. The van der Waals surface area contributed by atoms with Gasteiger partial charge < -0.3 is 24.6 Å². The average Bonchev–Trinajstić information content (AvgIpc) is 3.33. The molecule has 28 heavy (non-hydrogen) atoms. The van der Waals surface area contributed by atoms with Crippen LogP contribution in [0, 0.1) is 5.41 Å². The summed E-state index contributed by atoms with van der Waals surface area (Å²) in [5, 5.41) is 10.8. The SMILES string of the molecule is CCNC(=NCc1nc(C(C)OCC)no1)NCC1(CCOC)CCCC1.I. The third-order valence-corrected chi connectivity index (χ3v) is 5.11. The van der Waals surface area contributed by atoms with E-state index in [0.29, 0.717) is 30.3 Å². The van der Waals surface area contributed by atoms with E-state index in [1.165, 1.54) is 25.7 Å². The fourth-order valence-corrected chi connectivity index (χ4v) is 3.54. The van der Waals surface area contributed by atoms with Gasteiger partial charge in [0, 0.05) is 33.4 Å². The van der Waals surface area contributed by atoms with E-state index in [9.17, 15) is 0 Å². The molecule has 1 aromatic rings. The van der Waals surface area contributed by atoms with E-state index in [1.807, 2.05) is 13.8 Å². The van der Waals surface area contributed by atoms with Crippen LogP contribution in [0.1, 0.15) is 70.7 Å². The molecule has 1 heterocycles. The lowest BCUT2D eigenvalue weighted by molar-refractivity contribution is 0.0683. The largest absolute Gasteiger partial charge is 0.385 e. The van der Waals surface area contributed by atoms with Crippen molar-refractivity contribution in [2.45, 2.75) is 65.5 Å². The lowest BCUT2D eigenvalue weighted by Crippen LogP contribution is -2.43. The molecule has 8 nitrogen and oxygen atoms in total. The Morgan fingerprint density at radius 1 is 1.29 bits per heavy atom. The molecular formula is C19H36IN5O3. The topological polar surface area (TPSA) is 93.8 Å². The van der Waals surface area contributed by atoms with Crippen LogP contribution < -0.4 is 10.6 Å². The zero-order valence-corrected chi connectivity index (χ0v) is 20.0. The Bertz CT molecular complexity index is 576. The number of hydrogen-bond donors (Lipinski definition) is 2. The van der Waals surface area contributed by atoms with E-state index in [-0.39, 0.29) is 30.1 Å². The molecule has 0 spiro atoms. The Morgan fingerprint density at radius 3 is 2.68 bits per heavy atom. The number of guanidine groups is 1. The lowest BCUT2D eigenvalue weighted by Gasteiger charge is -2.29. The molecule has 0 bridgehead atoms. The van der Waals surface area contributed by atoms with Crippen LogP contribution in [0.2, 0.25) is 0 Å². The predicted octanol–water partition coefficient (Wildman–Crippen LogP) is 3.44. The summed E-state index contributed by atoms with van der Waals surface area (Å²) >= 11 is 0. The minimum absolute atomic E-state index is 0. The second-order valence-electron chi connectivity index (χ2n) is 7.14. The number of halogens is 1. The molecule has 1 aliphatic carbocycles. The Kier molecular flexibility index (Phi) is 11.9. The Labute approximate surface area is 185 Å². The second kappa shape index (κ2) is 13.3. The van der Waals surface area contributed by atoms with Crippen molar-refractivity contribution in [3.8, 4) is 0 Å². The molecule has 1 unspecified atom stereocenters. The maximum Gasteiger partial charge on any atom is 0.248 e. The van der Waals surface area contributed by atoms with Gasteiger partial charge in [-0.3, -0.25) is 0 Å². The van der Waals surface area contributed by atoms with E-state index in [1.54, 1.807) is 7.11 Å². The molecule has 9 heteroatoms. The summed E-state index contributed by atoms with van der Waals surface area (Å²) in [6, 6.07) is 0. The van der Waals surface area contributed by atoms with Gasteiger partial charge in [-0.2, -0.15) is 4.98 Å². The summed E-state index contributed by atoms with van der Waals surface area (Å²) in [6.07, 6.45) is 5.98. The maximum absolute atomic E-state index is 5.49. The van der Waals surface area contributed by atoms with Gasteiger partial charge in [-0.15, -0.1) is 24.0 Å². The minimum Gasteiger partial charge on any atom is -0.385 e. The summed E-state index contributed by atoms with van der Waals surface area (Å²) in [5.41, 5.74) is 0.302. The number of ether oxygens (including phenoxy) is 2. The first kappa shape index (κ1) is 25.1.